The fourth-order valence-electron chi connectivity index (χ4n) is 2.23. The maximum Gasteiger partial charge on any atom is 0.310 e. The quantitative estimate of drug-likeness (QED) is 0.446. The number of hydrogen-bond donors (Lipinski definition) is 0. The highest BCUT2D eigenvalue weighted by Gasteiger charge is 2.14. The Morgan fingerprint density at radius 2 is 1.83 bits per heavy atom. The molecule has 2 aromatic carbocycles. The predicted octanol–water partition coefficient (Wildman–Crippen LogP) is 2.55. The number of carbonyl (C=O) groups is 1. The summed E-state index contributed by atoms with van der Waals surface area (Å²) in [4.78, 5) is 11.7. The Labute approximate surface area is 144 Å². The van der Waals surface area contributed by atoms with Crippen molar-refractivity contribution in [3.05, 3.63) is 47.5 Å². The van der Waals surface area contributed by atoms with Crippen molar-refractivity contribution in [2.45, 2.75) is 33.8 Å². The Hall–Kier alpha value is -2.43. The molecule has 0 unspecified atom stereocenters. The van der Waals surface area contributed by atoms with Crippen molar-refractivity contribution in [1.29, 1.82) is 0 Å². The maximum atomic E-state index is 11.7. The van der Waals surface area contributed by atoms with Gasteiger partial charge < -0.3 is 14.2 Å². The molecule has 0 aliphatic heterocycles. The third-order valence-electron chi connectivity index (χ3n) is 3.76. The first kappa shape index (κ1) is 17.9. The van der Waals surface area contributed by atoms with Gasteiger partial charge in [0.1, 0.15) is 31.7 Å². The summed E-state index contributed by atoms with van der Waals surface area (Å²) in [5.41, 5.74) is 3.12. The highest BCUT2D eigenvalue weighted by atomic mass is 16.5. The highest BCUT2D eigenvalue weighted by molar-refractivity contribution is 6.33. The van der Waals surface area contributed by atoms with Gasteiger partial charge in [-0.15, -0.1) is 0 Å². The molecule has 0 fully saturated rings. The van der Waals surface area contributed by atoms with E-state index in [0.29, 0.717) is 24.5 Å². The second kappa shape index (κ2) is 8.43. The molecule has 0 saturated carbocycles. The zero-order valence-electron chi connectivity index (χ0n) is 14.7. The van der Waals surface area contributed by atoms with Crippen molar-refractivity contribution < 1.29 is 19.0 Å². The van der Waals surface area contributed by atoms with Crippen LogP contribution in [0.15, 0.2) is 36.4 Å². The Morgan fingerprint density at radius 1 is 1.08 bits per heavy atom. The van der Waals surface area contributed by atoms with Crippen LogP contribution in [0.25, 0.3) is 0 Å². The van der Waals surface area contributed by atoms with Crippen LogP contribution in [0.2, 0.25) is 0 Å². The number of benzene rings is 2. The molecule has 0 aliphatic carbocycles. The standard InChI is InChI=1S/C19H23BO4/c1-4-19(21)24-18-8-6-7-17(22-5-2)15(18)12-23-14-9-10-16(20)13(3)11-14/h6-11H,4-5,12,20H2,1-3H3. The van der Waals surface area contributed by atoms with E-state index in [9.17, 15) is 4.79 Å². The van der Waals surface area contributed by atoms with Crippen molar-refractivity contribution >= 4 is 19.3 Å². The van der Waals surface area contributed by atoms with E-state index in [1.54, 1.807) is 13.0 Å². The molecule has 0 aromatic heterocycles. The molecule has 0 saturated heterocycles. The minimum absolute atomic E-state index is 0.269. The van der Waals surface area contributed by atoms with Crippen molar-refractivity contribution in [3.63, 3.8) is 0 Å². The molecular formula is C19H23BO4. The van der Waals surface area contributed by atoms with E-state index in [1.807, 2.05) is 44.2 Å². The van der Waals surface area contributed by atoms with Gasteiger partial charge in [0, 0.05) is 6.42 Å². The molecule has 0 bridgehead atoms. The SMILES string of the molecule is Bc1ccc(OCc2c(OCC)cccc2OC(=O)CC)cc1C. The minimum atomic E-state index is -0.281. The van der Waals surface area contributed by atoms with Gasteiger partial charge in [0.25, 0.3) is 0 Å². The number of ether oxygens (including phenoxy) is 3. The largest absolute Gasteiger partial charge is 0.493 e. The molecule has 0 N–H and O–H groups in total. The van der Waals surface area contributed by atoms with Crippen LogP contribution >= 0.6 is 0 Å². The first-order valence-electron chi connectivity index (χ1n) is 8.20. The fourth-order valence-corrected chi connectivity index (χ4v) is 2.23. The van der Waals surface area contributed by atoms with E-state index in [1.165, 1.54) is 11.0 Å². The normalized spacial score (nSPS) is 10.3. The van der Waals surface area contributed by atoms with Gasteiger partial charge in [0.2, 0.25) is 0 Å². The number of rotatable bonds is 7. The van der Waals surface area contributed by atoms with Gasteiger partial charge >= 0.3 is 5.97 Å². The molecule has 0 aliphatic rings. The summed E-state index contributed by atoms with van der Waals surface area (Å²) in [7, 11) is 2.06. The lowest BCUT2D eigenvalue weighted by molar-refractivity contribution is -0.134. The van der Waals surface area contributed by atoms with E-state index in [0.717, 1.165) is 11.3 Å². The fraction of sp³-hybridized carbons (Fsp3) is 0.316. The summed E-state index contributed by atoms with van der Waals surface area (Å²) < 4.78 is 17.0. The van der Waals surface area contributed by atoms with Crippen LogP contribution in [0.1, 0.15) is 31.4 Å². The molecule has 0 spiro atoms. The summed E-state index contributed by atoms with van der Waals surface area (Å²) in [5.74, 6) is 1.65. The molecule has 2 aromatic rings. The summed E-state index contributed by atoms with van der Waals surface area (Å²) in [6, 6.07) is 11.4. The second-order valence-corrected chi connectivity index (χ2v) is 5.53. The molecule has 0 heterocycles. The Morgan fingerprint density at radius 3 is 2.50 bits per heavy atom. The molecule has 2 rings (SSSR count). The topological polar surface area (TPSA) is 44.8 Å². The van der Waals surface area contributed by atoms with Gasteiger partial charge in [-0.05, 0) is 38.1 Å². The lowest BCUT2D eigenvalue weighted by Gasteiger charge is -2.16. The highest BCUT2D eigenvalue weighted by Crippen LogP contribution is 2.30. The molecule has 4 nitrogen and oxygen atoms in total. The van der Waals surface area contributed by atoms with Crippen molar-refractivity contribution in [1.82, 2.24) is 0 Å². The van der Waals surface area contributed by atoms with Crippen molar-refractivity contribution in [3.8, 4) is 17.2 Å². The van der Waals surface area contributed by atoms with Gasteiger partial charge in [-0.2, -0.15) is 0 Å². The van der Waals surface area contributed by atoms with Gasteiger partial charge in [0.15, 0.2) is 0 Å². The van der Waals surface area contributed by atoms with Gasteiger partial charge in [-0.25, -0.2) is 0 Å². The van der Waals surface area contributed by atoms with Crippen LogP contribution in [0.5, 0.6) is 17.2 Å². The van der Waals surface area contributed by atoms with Crippen LogP contribution in [-0.4, -0.2) is 20.4 Å². The summed E-state index contributed by atoms with van der Waals surface area (Å²) in [6.45, 7) is 6.52. The van der Waals surface area contributed by atoms with Crippen LogP contribution < -0.4 is 19.7 Å². The number of esters is 1. The average molecular weight is 326 g/mol. The van der Waals surface area contributed by atoms with Crippen LogP contribution in [0, 0.1) is 6.92 Å². The van der Waals surface area contributed by atoms with E-state index in [-0.39, 0.29) is 12.6 Å². The summed E-state index contributed by atoms with van der Waals surface area (Å²) >= 11 is 0. The smallest absolute Gasteiger partial charge is 0.310 e. The second-order valence-electron chi connectivity index (χ2n) is 5.53. The van der Waals surface area contributed by atoms with Gasteiger partial charge in [-0.1, -0.05) is 30.1 Å². The monoisotopic (exact) mass is 326 g/mol. The molecule has 0 amide bonds. The van der Waals surface area contributed by atoms with Crippen LogP contribution in [0.4, 0.5) is 0 Å². The predicted molar refractivity (Wildman–Crippen MR) is 97.2 cm³/mol. The molecular weight excluding hydrogens is 303 g/mol. The number of aryl methyl sites for hydroxylation is 1. The van der Waals surface area contributed by atoms with E-state index < -0.39 is 0 Å². The number of carbonyl (C=O) groups excluding carboxylic acids is 1. The lowest BCUT2D eigenvalue weighted by Crippen LogP contribution is -2.10. The zero-order valence-corrected chi connectivity index (χ0v) is 14.7. The third-order valence-corrected chi connectivity index (χ3v) is 3.76. The van der Waals surface area contributed by atoms with E-state index in [4.69, 9.17) is 14.2 Å². The number of hydrogen-bond acceptors (Lipinski definition) is 4. The molecule has 0 atom stereocenters. The lowest BCUT2D eigenvalue weighted by atomic mass is 9.91. The van der Waals surface area contributed by atoms with Crippen molar-refractivity contribution in [2.24, 2.45) is 0 Å². The zero-order chi connectivity index (χ0) is 17.5. The van der Waals surface area contributed by atoms with E-state index >= 15 is 0 Å². The first-order valence-corrected chi connectivity index (χ1v) is 8.20. The van der Waals surface area contributed by atoms with Crippen molar-refractivity contribution in [2.75, 3.05) is 6.61 Å². The first-order chi connectivity index (χ1) is 11.5. The summed E-state index contributed by atoms with van der Waals surface area (Å²) in [5, 5.41) is 0. The minimum Gasteiger partial charge on any atom is -0.493 e. The Balaban J connectivity index is 2.24. The Kier molecular flexibility index (Phi) is 6.30. The average Bonchev–Trinajstić information content (AvgIpc) is 2.57. The van der Waals surface area contributed by atoms with E-state index in [2.05, 4.69) is 7.85 Å². The summed E-state index contributed by atoms with van der Waals surface area (Å²) in [6.07, 6.45) is 0.316. The molecule has 24 heavy (non-hydrogen) atoms. The van der Waals surface area contributed by atoms with Gasteiger partial charge in [0.05, 0.1) is 12.2 Å². The molecule has 5 heteroatoms. The Bertz CT molecular complexity index is 713. The maximum absolute atomic E-state index is 11.7. The van der Waals surface area contributed by atoms with Crippen LogP contribution in [-0.2, 0) is 11.4 Å². The third kappa shape index (κ3) is 4.54. The molecule has 0 radical (unpaired) electrons. The van der Waals surface area contributed by atoms with Crippen LogP contribution in [0.3, 0.4) is 0 Å². The molecule has 126 valence electrons. The van der Waals surface area contributed by atoms with Gasteiger partial charge in [-0.3, -0.25) is 4.79 Å².